The molecule has 1 aromatic carbocycles. The van der Waals surface area contributed by atoms with Gasteiger partial charge in [-0.3, -0.25) is 4.79 Å². The van der Waals surface area contributed by atoms with Crippen LogP contribution in [0.15, 0.2) is 23.1 Å². The smallest absolute Gasteiger partial charge is 0.240 e. The van der Waals surface area contributed by atoms with E-state index in [1.807, 2.05) is 6.92 Å². The minimum Gasteiger partial charge on any atom is -0.324 e. The topological polar surface area (TPSA) is 75.3 Å². The maximum atomic E-state index is 13.6. The summed E-state index contributed by atoms with van der Waals surface area (Å²) in [5.74, 6) is -0.839. The second-order valence-corrected chi connectivity index (χ2v) is 7.17. The van der Waals surface area contributed by atoms with Gasteiger partial charge in [0.25, 0.3) is 0 Å². The number of anilines is 1. The lowest BCUT2D eigenvalue weighted by Gasteiger charge is -2.17. The molecule has 1 amide bonds. The van der Waals surface area contributed by atoms with Gasteiger partial charge in [0.15, 0.2) is 0 Å². The summed E-state index contributed by atoms with van der Waals surface area (Å²) in [6.45, 7) is 3.24. The van der Waals surface area contributed by atoms with E-state index in [0.29, 0.717) is 0 Å². The van der Waals surface area contributed by atoms with Crippen molar-refractivity contribution in [1.29, 1.82) is 0 Å². The molecule has 2 unspecified atom stereocenters. The average Bonchev–Trinajstić information content (AvgIpc) is 2.76. The lowest BCUT2D eigenvalue weighted by atomic mass is 10.1. The lowest BCUT2D eigenvalue weighted by molar-refractivity contribution is -0.114. The molecule has 2 rings (SSSR count). The van der Waals surface area contributed by atoms with Crippen LogP contribution in [0.2, 0.25) is 0 Å². The monoisotopic (exact) mass is 314 g/mol. The molecule has 0 aromatic heterocycles. The van der Waals surface area contributed by atoms with Gasteiger partial charge in [-0.05, 0) is 37.0 Å². The Morgan fingerprint density at radius 3 is 2.62 bits per heavy atom. The summed E-state index contributed by atoms with van der Waals surface area (Å²) in [4.78, 5) is 11.0. The van der Waals surface area contributed by atoms with Gasteiger partial charge in [0.1, 0.15) is 5.82 Å². The van der Waals surface area contributed by atoms with Crippen LogP contribution in [-0.2, 0) is 14.8 Å². The zero-order valence-corrected chi connectivity index (χ0v) is 12.8. The zero-order chi connectivity index (χ0) is 15.6. The number of amides is 1. The predicted molar refractivity (Wildman–Crippen MR) is 77.8 cm³/mol. The standard InChI is InChI=1S/C14H19FN2O3S/c1-9-4-3-5-13(9)17-21(19,20)11-6-7-12(15)14(8-11)16-10(2)18/h6-9,13,17H,3-5H2,1-2H3,(H,16,18). The number of carbonyl (C=O) groups is 1. The van der Waals surface area contributed by atoms with Crippen molar-refractivity contribution in [3.8, 4) is 0 Å². The van der Waals surface area contributed by atoms with E-state index in [2.05, 4.69) is 10.0 Å². The van der Waals surface area contributed by atoms with Gasteiger partial charge in [-0.15, -0.1) is 0 Å². The molecule has 116 valence electrons. The van der Waals surface area contributed by atoms with Crippen LogP contribution < -0.4 is 10.0 Å². The van der Waals surface area contributed by atoms with Crippen molar-refractivity contribution >= 4 is 21.6 Å². The number of hydrogen-bond acceptors (Lipinski definition) is 3. The summed E-state index contributed by atoms with van der Waals surface area (Å²) in [6.07, 6.45) is 2.79. The van der Waals surface area contributed by atoms with Crippen molar-refractivity contribution in [3.63, 3.8) is 0 Å². The van der Waals surface area contributed by atoms with E-state index >= 15 is 0 Å². The van der Waals surface area contributed by atoms with Crippen LogP contribution in [0.5, 0.6) is 0 Å². The van der Waals surface area contributed by atoms with Crippen molar-refractivity contribution in [2.45, 2.75) is 44.0 Å². The highest BCUT2D eigenvalue weighted by Gasteiger charge is 2.28. The number of carbonyl (C=O) groups excluding carboxylic acids is 1. The van der Waals surface area contributed by atoms with Crippen molar-refractivity contribution in [1.82, 2.24) is 4.72 Å². The molecule has 7 heteroatoms. The SMILES string of the molecule is CC(=O)Nc1cc(S(=O)(=O)NC2CCCC2C)ccc1F. The Kier molecular flexibility index (Phi) is 4.63. The van der Waals surface area contributed by atoms with Crippen LogP contribution in [0, 0.1) is 11.7 Å². The van der Waals surface area contributed by atoms with Crippen molar-refractivity contribution < 1.29 is 17.6 Å². The Balaban J connectivity index is 2.25. The molecule has 0 bridgehead atoms. The predicted octanol–water partition coefficient (Wildman–Crippen LogP) is 2.25. The molecule has 0 aliphatic heterocycles. The Morgan fingerprint density at radius 2 is 2.05 bits per heavy atom. The van der Waals surface area contributed by atoms with Gasteiger partial charge in [-0.25, -0.2) is 17.5 Å². The number of rotatable bonds is 4. The fourth-order valence-electron chi connectivity index (χ4n) is 2.54. The van der Waals surface area contributed by atoms with E-state index in [1.54, 1.807) is 0 Å². The maximum Gasteiger partial charge on any atom is 0.240 e. The fraction of sp³-hybridized carbons (Fsp3) is 0.500. The van der Waals surface area contributed by atoms with E-state index < -0.39 is 21.7 Å². The van der Waals surface area contributed by atoms with E-state index in [0.717, 1.165) is 31.4 Å². The average molecular weight is 314 g/mol. The van der Waals surface area contributed by atoms with E-state index in [1.165, 1.54) is 13.0 Å². The Labute approximate surface area is 124 Å². The molecule has 21 heavy (non-hydrogen) atoms. The maximum absolute atomic E-state index is 13.6. The summed E-state index contributed by atoms with van der Waals surface area (Å²) in [5, 5.41) is 2.28. The summed E-state index contributed by atoms with van der Waals surface area (Å²) in [5.41, 5.74) is -0.134. The van der Waals surface area contributed by atoms with Gasteiger partial charge in [0, 0.05) is 13.0 Å². The summed E-state index contributed by atoms with van der Waals surface area (Å²) in [6, 6.07) is 3.28. The van der Waals surface area contributed by atoms with Gasteiger partial charge in [0.05, 0.1) is 10.6 Å². The number of halogens is 1. The first-order valence-corrected chi connectivity index (χ1v) is 8.37. The summed E-state index contributed by atoms with van der Waals surface area (Å²) >= 11 is 0. The molecule has 0 saturated heterocycles. The summed E-state index contributed by atoms with van der Waals surface area (Å²) < 4.78 is 40.9. The molecule has 2 N–H and O–H groups in total. The normalized spacial score (nSPS) is 22.2. The van der Waals surface area contributed by atoms with Crippen molar-refractivity contribution in [2.75, 3.05) is 5.32 Å². The number of sulfonamides is 1. The van der Waals surface area contributed by atoms with Crippen LogP contribution in [-0.4, -0.2) is 20.4 Å². The highest BCUT2D eigenvalue weighted by molar-refractivity contribution is 7.89. The molecular formula is C14H19FN2O3S. The molecule has 2 atom stereocenters. The second-order valence-electron chi connectivity index (χ2n) is 5.46. The molecule has 1 aliphatic carbocycles. The van der Waals surface area contributed by atoms with Crippen LogP contribution in [0.4, 0.5) is 10.1 Å². The molecule has 5 nitrogen and oxygen atoms in total. The van der Waals surface area contributed by atoms with Gasteiger partial charge < -0.3 is 5.32 Å². The van der Waals surface area contributed by atoms with E-state index in [4.69, 9.17) is 0 Å². The number of hydrogen-bond donors (Lipinski definition) is 2. The van der Waals surface area contributed by atoms with Crippen LogP contribution >= 0.6 is 0 Å². The molecule has 0 spiro atoms. The van der Waals surface area contributed by atoms with Gasteiger partial charge in [-0.2, -0.15) is 0 Å². The largest absolute Gasteiger partial charge is 0.324 e. The first kappa shape index (κ1) is 15.9. The fourth-order valence-corrected chi connectivity index (χ4v) is 3.95. The van der Waals surface area contributed by atoms with Gasteiger partial charge >= 0.3 is 0 Å². The minimum absolute atomic E-state index is 0.0493. The summed E-state index contributed by atoms with van der Waals surface area (Å²) in [7, 11) is -3.72. The molecule has 1 aromatic rings. The number of nitrogens with one attached hydrogen (secondary N) is 2. The van der Waals surface area contributed by atoms with E-state index in [9.17, 15) is 17.6 Å². The minimum atomic E-state index is -3.72. The van der Waals surface area contributed by atoms with Gasteiger partial charge in [-0.1, -0.05) is 13.3 Å². The third kappa shape index (κ3) is 3.79. The highest BCUT2D eigenvalue weighted by Crippen LogP contribution is 2.27. The van der Waals surface area contributed by atoms with Crippen LogP contribution in [0.3, 0.4) is 0 Å². The molecular weight excluding hydrogens is 295 g/mol. The first-order chi connectivity index (χ1) is 9.79. The second kappa shape index (κ2) is 6.11. The molecule has 0 heterocycles. The third-order valence-corrected chi connectivity index (χ3v) is 5.21. The van der Waals surface area contributed by atoms with E-state index in [-0.39, 0.29) is 22.5 Å². The van der Waals surface area contributed by atoms with Crippen LogP contribution in [0.25, 0.3) is 0 Å². The van der Waals surface area contributed by atoms with Crippen LogP contribution in [0.1, 0.15) is 33.1 Å². The Morgan fingerprint density at radius 1 is 1.33 bits per heavy atom. The Bertz CT molecular complexity index is 646. The Hall–Kier alpha value is -1.47. The molecule has 1 fully saturated rings. The lowest BCUT2D eigenvalue weighted by Crippen LogP contribution is -2.36. The first-order valence-electron chi connectivity index (χ1n) is 6.89. The number of benzene rings is 1. The third-order valence-electron chi connectivity index (χ3n) is 3.73. The molecule has 1 aliphatic rings. The van der Waals surface area contributed by atoms with Gasteiger partial charge in [0.2, 0.25) is 15.9 Å². The zero-order valence-electron chi connectivity index (χ0n) is 12.0. The van der Waals surface area contributed by atoms with Crippen molar-refractivity contribution in [3.05, 3.63) is 24.0 Å². The van der Waals surface area contributed by atoms with Crippen molar-refractivity contribution in [2.24, 2.45) is 5.92 Å². The highest BCUT2D eigenvalue weighted by atomic mass is 32.2. The molecule has 1 saturated carbocycles. The molecule has 0 radical (unpaired) electrons. The quantitative estimate of drug-likeness (QED) is 0.895.